The zero-order chi connectivity index (χ0) is 16.7. The number of aryl methyl sites for hydroxylation is 1. The average Bonchev–Trinajstić information content (AvgIpc) is 3.06. The summed E-state index contributed by atoms with van der Waals surface area (Å²) in [5, 5.41) is 18.1. The van der Waals surface area contributed by atoms with Crippen molar-refractivity contribution in [3.63, 3.8) is 0 Å². The van der Waals surface area contributed by atoms with E-state index in [1.165, 1.54) is 49.9 Å². The number of aromatic nitrogens is 2. The van der Waals surface area contributed by atoms with Crippen molar-refractivity contribution in [2.45, 2.75) is 83.7 Å². The summed E-state index contributed by atoms with van der Waals surface area (Å²) in [7, 11) is 0. The van der Waals surface area contributed by atoms with Crippen LogP contribution in [0.15, 0.2) is 0 Å². The third kappa shape index (κ3) is 1.80. The molecule has 3 fully saturated rings. The molecular weight excluding hydrogens is 296 g/mol. The van der Waals surface area contributed by atoms with Crippen LogP contribution in [0.1, 0.15) is 75.7 Å². The Kier molecular flexibility index (Phi) is 3.13. The number of nitrogens with zero attached hydrogens (tertiary/aromatic N) is 1. The summed E-state index contributed by atoms with van der Waals surface area (Å²) in [6, 6.07) is 0. The molecule has 0 bridgehead atoms. The summed E-state index contributed by atoms with van der Waals surface area (Å²) in [6.45, 7) is 7.32. The molecule has 2 N–H and O–H groups in total. The van der Waals surface area contributed by atoms with Crippen LogP contribution >= 0.6 is 0 Å². The predicted molar refractivity (Wildman–Crippen MR) is 94.8 cm³/mol. The van der Waals surface area contributed by atoms with E-state index in [0.29, 0.717) is 10.8 Å². The smallest absolute Gasteiger partial charge is 0.0665 e. The van der Waals surface area contributed by atoms with Crippen LogP contribution in [0.25, 0.3) is 0 Å². The van der Waals surface area contributed by atoms with Gasteiger partial charge in [-0.05, 0) is 92.8 Å². The van der Waals surface area contributed by atoms with Gasteiger partial charge in [0.05, 0.1) is 11.8 Å². The second-order valence-electron chi connectivity index (χ2n) is 9.92. The van der Waals surface area contributed by atoms with Crippen LogP contribution in [0.5, 0.6) is 0 Å². The molecule has 0 amide bonds. The quantitative estimate of drug-likeness (QED) is 0.752. The van der Waals surface area contributed by atoms with Crippen LogP contribution in [-0.4, -0.2) is 21.4 Å². The van der Waals surface area contributed by atoms with Crippen molar-refractivity contribution < 1.29 is 5.11 Å². The third-order valence-electron chi connectivity index (χ3n) is 9.03. The maximum Gasteiger partial charge on any atom is 0.0665 e. The number of nitrogens with one attached hydrogen (secondary N) is 1. The van der Waals surface area contributed by atoms with Gasteiger partial charge in [0.25, 0.3) is 0 Å². The van der Waals surface area contributed by atoms with Crippen LogP contribution < -0.4 is 0 Å². The van der Waals surface area contributed by atoms with Gasteiger partial charge in [0.1, 0.15) is 0 Å². The normalized spacial score (nSPS) is 49.9. The molecule has 4 aliphatic carbocycles. The first-order valence-electron chi connectivity index (χ1n) is 10.2. The Bertz CT molecular complexity index is 667. The number of fused-ring (bicyclic) bond motifs is 7. The molecule has 0 spiro atoms. The number of aliphatic hydroxyl groups excluding tert-OH is 1. The van der Waals surface area contributed by atoms with Gasteiger partial charge in [0, 0.05) is 11.3 Å². The number of rotatable bonds is 0. The first kappa shape index (κ1) is 15.4. The van der Waals surface area contributed by atoms with Gasteiger partial charge in [-0.25, -0.2) is 0 Å². The Labute approximate surface area is 145 Å². The average molecular weight is 329 g/mol. The first-order chi connectivity index (χ1) is 11.4. The Morgan fingerprint density at radius 2 is 1.92 bits per heavy atom. The molecule has 0 aromatic carbocycles. The second-order valence-corrected chi connectivity index (χ2v) is 9.92. The molecule has 132 valence electrons. The van der Waals surface area contributed by atoms with Gasteiger partial charge in [-0.2, -0.15) is 5.10 Å². The van der Waals surface area contributed by atoms with E-state index in [1.54, 1.807) is 5.56 Å². The molecule has 7 atom stereocenters. The lowest BCUT2D eigenvalue weighted by molar-refractivity contribution is -0.111. The van der Waals surface area contributed by atoms with E-state index in [-0.39, 0.29) is 6.10 Å². The molecule has 24 heavy (non-hydrogen) atoms. The molecule has 1 aromatic rings. The fourth-order valence-electron chi connectivity index (χ4n) is 7.84. The van der Waals surface area contributed by atoms with Crippen LogP contribution in [-0.2, 0) is 11.8 Å². The molecule has 0 aliphatic heterocycles. The van der Waals surface area contributed by atoms with Crippen molar-refractivity contribution in [2.75, 3.05) is 0 Å². The van der Waals surface area contributed by atoms with Gasteiger partial charge in [0.15, 0.2) is 0 Å². The Morgan fingerprint density at radius 3 is 2.75 bits per heavy atom. The standard InChI is InChI=1S/C21H32N2O/c1-12-19-18(23-22-12)11-17-15-5-4-13-10-14(24)6-8-20(13,2)16(15)7-9-21(17,19)3/h13-17,24H,4-11H2,1-3H3,(H,22,23)/t13-,14?,15?,16?,17?,20-,21-/m0/s1. The van der Waals surface area contributed by atoms with Crippen molar-refractivity contribution >= 4 is 0 Å². The summed E-state index contributed by atoms with van der Waals surface area (Å²) < 4.78 is 0. The molecular formula is C21H32N2O. The zero-order valence-corrected chi connectivity index (χ0v) is 15.4. The molecule has 4 aliphatic rings. The summed E-state index contributed by atoms with van der Waals surface area (Å²) >= 11 is 0. The lowest BCUT2D eigenvalue weighted by Gasteiger charge is -2.60. The van der Waals surface area contributed by atoms with E-state index in [4.69, 9.17) is 0 Å². The summed E-state index contributed by atoms with van der Waals surface area (Å²) in [5.74, 6) is 3.29. The molecule has 0 saturated heterocycles. The highest BCUT2D eigenvalue weighted by Crippen LogP contribution is 2.65. The van der Waals surface area contributed by atoms with Crippen LogP contribution in [0, 0.1) is 36.0 Å². The minimum atomic E-state index is -0.0347. The first-order valence-corrected chi connectivity index (χ1v) is 10.2. The molecule has 3 saturated carbocycles. The number of H-pyrrole nitrogens is 1. The van der Waals surface area contributed by atoms with Gasteiger partial charge in [-0.3, -0.25) is 5.10 Å². The van der Waals surface area contributed by atoms with E-state index in [0.717, 1.165) is 36.5 Å². The minimum absolute atomic E-state index is 0.0347. The van der Waals surface area contributed by atoms with E-state index >= 15 is 0 Å². The van der Waals surface area contributed by atoms with Gasteiger partial charge in [-0.15, -0.1) is 0 Å². The SMILES string of the molecule is Cc1[nH]nc2c1[C@@]1(C)CCC3C(CC[C@H]4CC(O)CC[C@]34C)C1C2. The largest absolute Gasteiger partial charge is 0.393 e. The van der Waals surface area contributed by atoms with Crippen LogP contribution in [0.2, 0.25) is 0 Å². The van der Waals surface area contributed by atoms with Crippen molar-refractivity contribution in [2.24, 2.45) is 29.1 Å². The molecule has 0 radical (unpaired) electrons. The fraction of sp³-hybridized carbons (Fsp3) is 0.857. The van der Waals surface area contributed by atoms with E-state index in [2.05, 4.69) is 31.0 Å². The Balaban J connectivity index is 1.50. The topological polar surface area (TPSA) is 48.9 Å². The highest BCUT2D eigenvalue weighted by Gasteiger charge is 2.59. The Hall–Kier alpha value is -0.830. The molecule has 5 rings (SSSR count). The Morgan fingerprint density at radius 1 is 1.08 bits per heavy atom. The van der Waals surface area contributed by atoms with Crippen LogP contribution in [0.3, 0.4) is 0 Å². The lowest BCUT2D eigenvalue weighted by Crippen LogP contribution is -2.54. The maximum absolute atomic E-state index is 10.2. The highest BCUT2D eigenvalue weighted by molar-refractivity contribution is 5.40. The maximum atomic E-state index is 10.2. The summed E-state index contributed by atoms with van der Waals surface area (Å²) in [6.07, 6.45) is 9.92. The number of hydrogen-bond acceptors (Lipinski definition) is 2. The zero-order valence-electron chi connectivity index (χ0n) is 15.4. The van der Waals surface area contributed by atoms with Crippen molar-refractivity contribution in [1.82, 2.24) is 10.2 Å². The van der Waals surface area contributed by atoms with Gasteiger partial charge >= 0.3 is 0 Å². The van der Waals surface area contributed by atoms with Crippen molar-refractivity contribution in [3.05, 3.63) is 17.0 Å². The van der Waals surface area contributed by atoms with Crippen molar-refractivity contribution in [3.8, 4) is 0 Å². The predicted octanol–water partition coefficient (Wildman–Crippen LogP) is 4.14. The van der Waals surface area contributed by atoms with E-state index in [9.17, 15) is 5.11 Å². The molecule has 4 unspecified atom stereocenters. The van der Waals surface area contributed by atoms with E-state index < -0.39 is 0 Å². The van der Waals surface area contributed by atoms with Crippen LogP contribution in [0.4, 0.5) is 0 Å². The van der Waals surface area contributed by atoms with Crippen molar-refractivity contribution in [1.29, 1.82) is 0 Å². The molecule has 3 heteroatoms. The number of aliphatic hydroxyl groups is 1. The van der Waals surface area contributed by atoms with Gasteiger partial charge in [-0.1, -0.05) is 13.8 Å². The van der Waals surface area contributed by atoms with Gasteiger partial charge < -0.3 is 5.11 Å². The summed E-state index contributed by atoms with van der Waals surface area (Å²) in [5.41, 5.74) is 5.08. The molecule has 1 heterocycles. The molecule has 1 aromatic heterocycles. The monoisotopic (exact) mass is 328 g/mol. The summed E-state index contributed by atoms with van der Waals surface area (Å²) in [4.78, 5) is 0. The molecule has 3 nitrogen and oxygen atoms in total. The lowest BCUT2D eigenvalue weighted by atomic mass is 9.45. The fourth-order valence-corrected chi connectivity index (χ4v) is 7.84. The highest BCUT2D eigenvalue weighted by atomic mass is 16.3. The minimum Gasteiger partial charge on any atom is -0.393 e. The number of hydrogen-bond donors (Lipinski definition) is 2. The number of aromatic amines is 1. The van der Waals surface area contributed by atoms with E-state index in [1.807, 2.05) is 0 Å². The third-order valence-corrected chi connectivity index (χ3v) is 9.03. The second kappa shape index (κ2) is 4.87. The van der Waals surface area contributed by atoms with Gasteiger partial charge in [0.2, 0.25) is 0 Å².